The topological polar surface area (TPSA) is 9.86 Å². The molecule has 10 rings (SSSR count). The van der Waals surface area contributed by atoms with Crippen LogP contribution in [0.1, 0.15) is 0 Å². The standard InChI is InChI=1S/C48H34N2Si/c1-4-18-37(19-5-1)51(38-20-6-2-7-21-38,39-22-8-3-9-23-39)40-33-35(49-45-28-14-10-24-41(45)42-25-11-15-29-46(42)49)32-36(34-40)50-47-30-16-12-26-43(47)44-27-13-17-31-48(44)50/h1-34H. The van der Waals surface area contributed by atoms with Crippen molar-refractivity contribution in [1.82, 2.24) is 9.13 Å². The Bertz CT molecular complexity index is 2520. The first-order valence-electron chi connectivity index (χ1n) is 17.6. The van der Waals surface area contributed by atoms with Crippen LogP contribution in [0.5, 0.6) is 0 Å². The summed E-state index contributed by atoms with van der Waals surface area (Å²) in [5.74, 6) is 0. The summed E-state index contributed by atoms with van der Waals surface area (Å²) in [5.41, 5.74) is 7.12. The molecule has 0 aliphatic carbocycles. The Labute approximate surface area is 298 Å². The van der Waals surface area contributed by atoms with E-state index in [2.05, 4.69) is 215 Å². The van der Waals surface area contributed by atoms with Crippen LogP contribution in [-0.4, -0.2) is 17.2 Å². The highest BCUT2D eigenvalue weighted by Gasteiger charge is 2.42. The van der Waals surface area contributed by atoms with Gasteiger partial charge in [0.1, 0.15) is 0 Å². The molecule has 0 amide bonds. The molecule has 0 spiro atoms. The van der Waals surface area contributed by atoms with E-state index in [4.69, 9.17) is 0 Å². The summed E-state index contributed by atoms with van der Waals surface area (Å²) in [6.07, 6.45) is 0. The second-order valence-corrected chi connectivity index (χ2v) is 17.1. The molecule has 3 heteroatoms. The van der Waals surface area contributed by atoms with E-state index >= 15 is 0 Å². The van der Waals surface area contributed by atoms with Crippen LogP contribution < -0.4 is 20.7 Å². The SMILES string of the molecule is c1ccc([Si](c2ccccc2)(c2ccccc2)c2cc(-n3c4ccccc4c4ccccc43)cc(-n3c4ccccc4c4ccccc43)c2)cc1. The second kappa shape index (κ2) is 11.9. The molecular weight excluding hydrogens is 633 g/mol. The molecule has 8 aromatic carbocycles. The molecule has 2 aromatic heterocycles. The zero-order chi connectivity index (χ0) is 33.8. The molecule has 51 heavy (non-hydrogen) atoms. The van der Waals surface area contributed by atoms with Gasteiger partial charge in [0.15, 0.2) is 8.07 Å². The van der Waals surface area contributed by atoms with E-state index in [1.54, 1.807) is 0 Å². The Kier molecular flexibility index (Phi) is 6.86. The van der Waals surface area contributed by atoms with E-state index in [-0.39, 0.29) is 0 Å². The Morgan fingerprint density at radius 3 is 0.843 bits per heavy atom. The van der Waals surface area contributed by atoms with Crippen LogP contribution in [-0.2, 0) is 0 Å². The summed E-state index contributed by atoms with van der Waals surface area (Å²) in [6.45, 7) is 0. The van der Waals surface area contributed by atoms with E-state index in [0.717, 1.165) is 11.4 Å². The molecule has 2 nitrogen and oxygen atoms in total. The zero-order valence-electron chi connectivity index (χ0n) is 28.0. The van der Waals surface area contributed by atoms with Crippen molar-refractivity contribution in [2.45, 2.75) is 0 Å². The summed E-state index contributed by atoms with van der Waals surface area (Å²) >= 11 is 0. The van der Waals surface area contributed by atoms with Gasteiger partial charge in [-0.2, -0.15) is 0 Å². The highest BCUT2D eigenvalue weighted by Crippen LogP contribution is 2.35. The zero-order valence-corrected chi connectivity index (χ0v) is 29.0. The van der Waals surface area contributed by atoms with Gasteiger partial charge in [-0.1, -0.05) is 164 Å². The highest BCUT2D eigenvalue weighted by molar-refractivity contribution is 7.20. The fourth-order valence-corrected chi connectivity index (χ4v) is 13.3. The average Bonchev–Trinajstić information content (AvgIpc) is 3.73. The van der Waals surface area contributed by atoms with Crippen molar-refractivity contribution in [3.05, 3.63) is 206 Å². The maximum Gasteiger partial charge on any atom is 0.179 e. The Morgan fingerprint density at radius 1 is 0.255 bits per heavy atom. The van der Waals surface area contributed by atoms with E-state index in [1.165, 1.54) is 64.4 Å². The van der Waals surface area contributed by atoms with Gasteiger partial charge >= 0.3 is 0 Å². The Balaban J connectivity index is 1.41. The number of nitrogens with zero attached hydrogens (tertiary/aromatic N) is 2. The number of hydrogen-bond acceptors (Lipinski definition) is 0. The van der Waals surface area contributed by atoms with E-state index in [0.29, 0.717) is 0 Å². The quantitative estimate of drug-likeness (QED) is 0.124. The molecule has 0 aliphatic heterocycles. The van der Waals surface area contributed by atoms with Crippen LogP contribution in [0, 0.1) is 0 Å². The van der Waals surface area contributed by atoms with E-state index in [1.807, 2.05) is 0 Å². The lowest BCUT2D eigenvalue weighted by molar-refractivity contribution is 1.14. The molecule has 0 fully saturated rings. The normalized spacial score (nSPS) is 11.9. The third-order valence-corrected chi connectivity index (χ3v) is 15.4. The molecule has 0 bridgehead atoms. The van der Waals surface area contributed by atoms with Gasteiger partial charge in [-0.25, -0.2) is 0 Å². The lowest BCUT2D eigenvalue weighted by atomic mass is 10.2. The first kappa shape index (κ1) is 29.5. The molecule has 2 heterocycles. The lowest BCUT2D eigenvalue weighted by Gasteiger charge is -2.35. The smallest absolute Gasteiger partial charge is 0.179 e. The van der Waals surface area contributed by atoms with Crippen LogP contribution in [0.4, 0.5) is 0 Å². The molecule has 0 unspecified atom stereocenters. The summed E-state index contributed by atoms with van der Waals surface area (Å²) < 4.78 is 4.96. The fraction of sp³-hybridized carbons (Fsp3) is 0. The highest BCUT2D eigenvalue weighted by atomic mass is 28.3. The average molecular weight is 667 g/mol. The summed E-state index contributed by atoms with van der Waals surface area (Å²) in [4.78, 5) is 0. The minimum absolute atomic E-state index is 1.15. The van der Waals surface area contributed by atoms with Crippen LogP contribution in [0.3, 0.4) is 0 Å². The maximum atomic E-state index is 2.50. The van der Waals surface area contributed by atoms with Crippen molar-refractivity contribution in [2.75, 3.05) is 0 Å². The van der Waals surface area contributed by atoms with Crippen molar-refractivity contribution < 1.29 is 0 Å². The molecule has 0 atom stereocenters. The second-order valence-electron chi connectivity index (χ2n) is 13.3. The molecule has 10 aromatic rings. The van der Waals surface area contributed by atoms with Gasteiger partial charge in [-0.15, -0.1) is 0 Å². The Morgan fingerprint density at radius 2 is 0.529 bits per heavy atom. The summed E-state index contributed by atoms with van der Waals surface area (Å²) in [6, 6.07) is 76.4. The first-order valence-corrected chi connectivity index (χ1v) is 19.6. The number of hydrogen-bond donors (Lipinski definition) is 0. The third-order valence-electron chi connectivity index (χ3n) is 10.6. The molecular formula is C48H34N2Si. The van der Waals surface area contributed by atoms with Gasteiger partial charge in [-0.05, 0) is 63.2 Å². The van der Waals surface area contributed by atoms with Crippen molar-refractivity contribution in [1.29, 1.82) is 0 Å². The number of rotatable bonds is 6. The lowest BCUT2D eigenvalue weighted by Crippen LogP contribution is -2.74. The van der Waals surface area contributed by atoms with Gasteiger partial charge in [0, 0.05) is 32.9 Å². The summed E-state index contributed by atoms with van der Waals surface area (Å²) in [7, 11) is -2.88. The van der Waals surface area contributed by atoms with Gasteiger partial charge in [0.25, 0.3) is 0 Å². The van der Waals surface area contributed by atoms with E-state index in [9.17, 15) is 0 Å². The van der Waals surface area contributed by atoms with Crippen LogP contribution >= 0.6 is 0 Å². The van der Waals surface area contributed by atoms with Gasteiger partial charge in [0.2, 0.25) is 0 Å². The molecule has 0 aliphatic rings. The number of benzene rings is 8. The maximum absolute atomic E-state index is 2.88. The minimum atomic E-state index is -2.88. The van der Waals surface area contributed by atoms with Crippen LogP contribution in [0.2, 0.25) is 0 Å². The molecule has 0 saturated heterocycles. The molecule has 240 valence electrons. The number of fused-ring (bicyclic) bond motifs is 6. The van der Waals surface area contributed by atoms with Gasteiger partial charge in [-0.3, -0.25) is 0 Å². The van der Waals surface area contributed by atoms with Crippen molar-refractivity contribution >= 4 is 72.4 Å². The number of para-hydroxylation sites is 4. The van der Waals surface area contributed by atoms with Crippen molar-refractivity contribution in [3.63, 3.8) is 0 Å². The fourth-order valence-electron chi connectivity index (χ4n) is 8.54. The Hall–Kier alpha value is -6.42. The molecule has 0 saturated carbocycles. The monoisotopic (exact) mass is 666 g/mol. The van der Waals surface area contributed by atoms with Crippen LogP contribution in [0.15, 0.2) is 206 Å². The van der Waals surface area contributed by atoms with Crippen molar-refractivity contribution in [2.24, 2.45) is 0 Å². The minimum Gasteiger partial charge on any atom is -0.309 e. The first-order chi connectivity index (χ1) is 25.3. The predicted octanol–water partition coefficient (Wildman–Crippen LogP) is 9.26. The van der Waals surface area contributed by atoms with Gasteiger partial charge in [0.05, 0.1) is 22.1 Å². The van der Waals surface area contributed by atoms with E-state index < -0.39 is 8.07 Å². The third kappa shape index (κ3) is 4.49. The predicted molar refractivity (Wildman–Crippen MR) is 219 cm³/mol. The summed E-state index contributed by atoms with van der Waals surface area (Å²) in [5, 5.41) is 10.4. The van der Waals surface area contributed by atoms with Crippen LogP contribution in [0.25, 0.3) is 55.0 Å². The largest absolute Gasteiger partial charge is 0.309 e. The molecule has 0 radical (unpaired) electrons. The van der Waals surface area contributed by atoms with Crippen molar-refractivity contribution in [3.8, 4) is 11.4 Å². The molecule has 0 N–H and O–H groups in total. The number of aromatic nitrogens is 2. The van der Waals surface area contributed by atoms with Gasteiger partial charge < -0.3 is 9.13 Å².